The SMILES string of the molecule is CS(=O)(=O)c1cncnc1C1CCCN(c2ncccn2)C1. The summed E-state index contributed by atoms with van der Waals surface area (Å²) in [5.74, 6) is 0.701. The minimum absolute atomic E-state index is 0.0327. The van der Waals surface area contributed by atoms with Crippen LogP contribution in [0, 0.1) is 0 Å². The number of sulfone groups is 1. The molecule has 0 radical (unpaired) electrons. The van der Waals surface area contributed by atoms with Crippen LogP contribution in [-0.2, 0) is 9.84 Å². The first kappa shape index (κ1) is 14.8. The van der Waals surface area contributed by atoms with Gasteiger partial charge in [-0.1, -0.05) is 0 Å². The number of piperidine rings is 1. The molecule has 7 nitrogen and oxygen atoms in total. The van der Waals surface area contributed by atoms with E-state index in [0.29, 0.717) is 18.2 Å². The van der Waals surface area contributed by atoms with E-state index in [4.69, 9.17) is 0 Å². The van der Waals surface area contributed by atoms with Crippen molar-refractivity contribution in [3.8, 4) is 0 Å². The highest BCUT2D eigenvalue weighted by Gasteiger charge is 2.28. The molecule has 0 aliphatic carbocycles. The van der Waals surface area contributed by atoms with Crippen molar-refractivity contribution in [2.45, 2.75) is 23.7 Å². The zero-order valence-electron chi connectivity index (χ0n) is 12.3. The van der Waals surface area contributed by atoms with E-state index in [0.717, 1.165) is 19.4 Å². The second kappa shape index (κ2) is 5.96. The lowest BCUT2D eigenvalue weighted by molar-refractivity contribution is 0.486. The fourth-order valence-corrected chi connectivity index (χ4v) is 3.61. The number of hydrogen-bond acceptors (Lipinski definition) is 7. The van der Waals surface area contributed by atoms with Gasteiger partial charge in [-0.05, 0) is 18.9 Å². The Kier molecular flexibility index (Phi) is 4.02. The van der Waals surface area contributed by atoms with Crippen molar-refractivity contribution in [3.63, 3.8) is 0 Å². The Morgan fingerprint density at radius 1 is 1.23 bits per heavy atom. The van der Waals surface area contributed by atoms with Crippen molar-refractivity contribution in [2.75, 3.05) is 24.2 Å². The van der Waals surface area contributed by atoms with Crippen LogP contribution >= 0.6 is 0 Å². The van der Waals surface area contributed by atoms with Crippen molar-refractivity contribution in [3.05, 3.63) is 36.7 Å². The highest BCUT2D eigenvalue weighted by Crippen LogP contribution is 2.30. The molecule has 1 atom stereocenters. The van der Waals surface area contributed by atoms with Crippen LogP contribution in [0.25, 0.3) is 0 Å². The molecule has 1 saturated heterocycles. The first-order valence-corrected chi connectivity index (χ1v) is 8.97. The Morgan fingerprint density at radius 3 is 2.73 bits per heavy atom. The van der Waals surface area contributed by atoms with Crippen LogP contribution in [0.15, 0.2) is 35.9 Å². The van der Waals surface area contributed by atoms with Crippen molar-refractivity contribution >= 4 is 15.8 Å². The first-order valence-electron chi connectivity index (χ1n) is 7.07. The van der Waals surface area contributed by atoms with Gasteiger partial charge in [0.1, 0.15) is 11.2 Å². The lowest BCUT2D eigenvalue weighted by Crippen LogP contribution is -2.36. The molecule has 3 rings (SSSR count). The summed E-state index contributed by atoms with van der Waals surface area (Å²) in [6.45, 7) is 1.52. The molecule has 1 fully saturated rings. The highest BCUT2D eigenvalue weighted by molar-refractivity contribution is 7.90. The zero-order valence-corrected chi connectivity index (χ0v) is 13.1. The maximum absolute atomic E-state index is 11.9. The maximum atomic E-state index is 11.9. The normalized spacial score (nSPS) is 19.1. The summed E-state index contributed by atoms with van der Waals surface area (Å²) in [6.07, 6.45) is 9.23. The number of anilines is 1. The Morgan fingerprint density at radius 2 is 2.00 bits per heavy atom. The Labute approximate surface area is 129 Å². The second-order valence-electron chi connectivity index (χ2n) is 5.38. The van der Waals surface area contributed by atoms with E-state index in [1.807, 2.05) is 0 Å². The summed E-state index contributed by atoms with van der Waals surface area (Å²) in [5.41, 5.74) is 0.595. The molecule has 1 aliphatic heterocycles. The molecule has 2 aromatic heterocycles. The summed E-state index contributed by atoms with van der Waals surface area (Å²) in [5, 5.41) is 0. The van der Waals surface area contributed by atoms with Gasteiger partial charge in [0.05, 0.1) is 5.69 Å². The monoisotopic (exact) mass is 319 g/mol. The third kappa shape index (κ3) is 3.06. The van der Waals surface area contributed by atoms with Gasteiger partial charge in [0.25, 0.3) is 0 Å². The molecule has 3 heterocycles. The third-order valence-corrected chi connectivity index (χ3v) is 4.86. The predicted octanol–water partition coefficient (Wildman–Crippen LogP) is 1.05. The maximum Gasteiger partial charge on any atom is 0.225 e. The minimum Gasteiger partial charge on any atom is -0.340 e. The summed E-state index contributed by atoms with van der Waals surface area (Å²) in [6, 6.07) is 1.77. The molecule has 0 N–H and O–H groups in total. The standard InChI is InChI=1S/C14H17N5O2S/c1-22(20,21)12-8-15-10-18-13(12)11-4-2-7-19(9-11)14-16-5-3-6-17-14/h3,5-6,8,10-11H,2,4,7,9H2,1H3. The van der Waals surface area contributed by atoms with Gasteiger partial charge in [0.2, 0.25) is 5.95 Å². The quantitative estimate of drug-likeness (QED) is 0.835. The molecule has 1 aliphatic rings. The summed E-state index contributed by atoms with van der Waals surface area (Å²) >= 11 is 0. The van der Waals surface area contributed by atoms with Crippen LogP contribution in [0.1, 0.15) is 24.5 Å². The molecule has 0 saturated carbocycles. The molecule has 116 valence electrons. The molecular weight excluding hydrogens is 302 g/mol. The van der Waals surface area contributed by atoms with Crippen molar-refractivity contribution < 1.29 is 8.42 Å². The summed E-state index contributed by atoms with van der Waals surface area (Å²) in [7, 11) is -3.34. The van der Waals surface area contributed by atoms with E-state index in [1.165, 1.54) is 18.8 Å². The van der Waals surface area contributed by atoms with E-state index in [1.54, 1.807) is 18.5 Å². The van der Waals surface area contributed by atoms with Gasteiger partial charge in [0, 0.05) is 43.9 Å². The van der Waals surface area contributed by atoms with Crippen LogP contribution in [0.2, 0.25) is 0 Å². The van der Waals surface area contributed by atoms with Gasteiger partial charge in [-0.2, -0.15) is 0 Å². The van der Waals surface area contributed by atoms with Gasteiger partial charge in [0.15, 0.2) is 9.84 Å². The molecule has 2 aromatic rings. The molecular formula is C14H17N5O2S. The van der Waals surface area contributed by atoms with E-state index >= 15 is 0 Å². The smallest absolute Gasteiger partial charge is 0.225 e. The van der Waals surface area contributed by atoms with Crippen LogP contribution < -0.4 is 4.90 Å². The van der Waals surface area contributed by atoms with Gasteiger partial charge < -0.3 is 4.90 Å². The number of nitrogens with zero attached hydrogens (tertiary/aromatic N) is 5. The molecule has 0 aromatic carbocycles. The van der Waals surface area contributed by atoms with E-state index in [-0.39, 0.29) is 10.8 Å². The van der Waals surface area contributed by atoms with Crippen LogP contribution in [0.5, 0.6) is 0 Å². The van der Waals surface area contributed by atoms with Gasteiger partial charge >= 0.3 is 0 Å². The topological polar surface area (TPSA) is 88.9 Å². The Hall–Kier alpha value is -2.09. The average Bonchev–Trinajstić information content (AvgIpc) is 2.55. The van der Waals surface area contributed by atoms with Gasteiger partial charge in [-0.25, -0.2) is 28.4 Å². The highest BCUT2D eigenvalue weighted by atomic mass is 32.2. The van der Waals surface area contributed by atoms with Gasteiger partial charge in [-0.15, -0.1) is 0 Å². The first-order chi connectivity index (χ1) is 10.6. The minimum atomic E-state index is -3.34. The third-order valence-electron chi connectivity index (χ3n) is 3.75. The molecule has 22 heavy (non-hydrogen) atoms. The lowest BCUT2D eigenvalue weighted by Gasteiger charge is -2.32. The Bertz CT molecular complexity index is 751. The van der Waals surface area contributed by atoms with E-state index in [9.17, 15) is 8.42 Å². The van der Waals surface area contributed by atoms with Crippen LogP contribution in [0.4, 0.5) is 5.95 Å². The molecule has 0 spiro atoms. The van der Waals surface area contributed by atoms with Crippen LogP contribution in [0.3, 0.4) is 0 Å². The number of aromatic nitrogens is 4. The van der Waals surface area contributed by atoms with Crippen molar-refractivity contribution in [1.29, 1.82) is 0 Å². The largest absolute Gasteiger partial charge is 0.340 e. The fourth-order valence-electron chi connectivity index (χ4n) is 2.76. The second-order valence-corrected chi connectivity index (χ2v) is 7.36. The van der Waals surface area contributed by atoms with E-state index < -0.39 is 9.84 Å². The van der Waals surface area contributed by atoms with Gasteiger partial charge in [-0.3, -0.25) is 0 Å². The van der Waals surface area contributed by atoms with E-state index in [2.05, 4.69) is 24.8 Å². The number of hydrogen-bond donors (Lipinski definition) is 0. The molecule has 8 heteroatoms. The molecule has 1 unspecified atom stereocenters. The predicted molar refractivity (Wildman–Crippen MR) is 81.4 cm³/mol. The lowest BCUT2D eigenvalue weighted by atomic mass is 9.95. The molecule has 0 amide bonds. The van der Waals surface area contributed by atoms with Crippen molar-refractivity contribution in [2.24, 2.45) is 0 Å². The Balaban J connectivity index is 1.90. The number of rotatable bonds is 3. The average molecular weight is 319 g/mol. The molecule has 0 bridgehead atoms. The summed E-state index contributed by atoms with van der Waals surface area (Å²) < 4.78 is 23.9. The van der Waals surface area contributed by atoms with Crippen LogP contribution in [-0.4, -0.2) is 47.7 Å². The zero-order chi connectivity index (χ0) is 15.6. The van der Waals surface area contributed by atoms with Crippen molar-refractivity contribution in [1.82, 2.24) is 19.9 Å². The fraction of sp³-hybridized carbons (Fsp3) is 0.429. The summed E-state index contributed by atoms with van der Waals surface area (Å²) in [4.78, 5) is 18.9.